The first-order chi connectivity index (χ1) is 10.7. The van der Waals surface area contributed by atoms with E-state index in [1.807, 2.05) is 4.90 Å². The van der Waals surface area contributed by atoms with Crippen molar-refractivity contribution in [2.75, 3.05) is 20.6 Å². The molecule has 1 aliphatic rings. The molecule has 0 aliphatic heterocycles. The summed E-state index contributed by atoms with van der Waals surface area (Å²) in [6.45, 7) is 5.06. The summed E-state index contributed by atoms with van der Waals surface area (Å²) < 4.78 is 25.3. The Hall–Kier alpha value is -1.40. The van der Waals surface area contributed by atoms with Crippen molar-refractivity contribution in [3.63, 3.8) is 0 Å². The molecular formula is C17H26N2O3S. The highest BCUT2D eigenvalue weighted by molar-refractivity contribution is 7.89. The van der Waals surface area contributed by atoms with E-state index in [4.69, 9.17) is 0 Å². The number of rotatable bonds is 7. The van der Waals surface area contributed by atoms with E-state index in [0.29, 0.717) is 17.5 Å². The summed E-state index contributed by atoms with van der Waals surface area (Å²) in [6, 6.07) is 6.60. The Kier molecular flexibility index (Phi) is 5.47. The predicted molar refractivity (Wildman–Crippen MR) is 90.8 cm³/mol. The van der Waals surface area contributed by atoms with Gasteiger partial charge in [-0.05, 0) is 49.4 Å². The van der Waals surface area contributed by atoms with Crippen molar-refractivity contribution in [2.45, 2.75) is 44.0 Å². The zero-order valence-corrected chi connectivity index (χ0v) is 15.1. The minimum Gasteiger partial charge on any atom is -0.336 e. The topological polar surface area (TPSA) is 57.7 Å². The Labute approximate surface area is 139 Å². The smallest absolute Gasteiger partial charge is 0.254 e. The molecule has 6 heteroatoms. The third kappa shape index (κ3) is 4.32. The predicted octanol–water partition coefficient (Wildman–Crippen LogP) is 2.59. The van der Waals surface area contributed by atoms with Crippen molar-refractivity contribution >= 4 is 15.9 Å². The Bertz CT molecular complexity index is 647. The first kappa shape index (κ1) is 17.9. The van der Waals surface area contributed by atoms with Gasteiger partial charge in [0.05, 0.1) is 4.90 Å². The average molecular weight is 338 g/mol. The molecule has 23 heavy (non-hydrogen) atoms. The maximum atomic E-state index is 12.7. The number of hydrogen-bond acceptors (Lipinski definition) is 3. The van der Waals surface area contributed by atoms with E-state index in [0.717, 1.165) is 25.8 Å². The van der Waals surface area contributed by atoms with E-state index < -0.39 is 10.0 Å². The van der Waals surface area contributed by atoms with Gasteiger partial charge in [0.1, 0.15) is 0 Å². The third-order valence-electron chi connectivity index (χ3n) is 4.08. The number of nitrogens with zero attached hydrogens (tertiary/aromatic N) is 2. The lowest BCUT2D eigenvalue weighted by molar-refractivity contribution is 0.0735. The van der Waals surface area contributed by atoms with Crippen LogP contribution in [0.1, 0.15) is 43.5 Å². The zero-order chi connectivity index (χ0) is 17.2. The van der Waals surface area contributed by atoms with Gasteiger partial charge in [-0.15, -0.1) is 0 Å². The fourth-order valence-corrected chi connectivity index (χ4v) is 3.28. The molecule has 1 aliphatic carbocycles. The highest BCUT2D eigenvalue weighted by Crippen LogP contribution is 2.29. The molecular weight excluding hydrogens is 312 g/mol. The Morgan fingerprint density at radius 2 is 1.74 bits per heavy atom. The molecule has 0 N–H and O–H groups in total. The number of hydrogen-bond donors (Lipinski definition) is 0. The minimum atomic E-state index is -3.46. The molecule has 0 spiro atoms. The molecule has 128 valence electrons. The van der Waals surface area contributed by atoms with Gasteiger partial charge in [0.15, 0.2) is 0 Å². The number of benzene rings is 1. The molecule has 0 unspecified atom stereocenters. The normalized spacial score (nSPS) is 15.2. The van der Waals surface area contributed by atoms with Crippen LogP contribution in [0.25, 0.3) is 0 Å². The second-order valence-corrected chi connectivity index (χ2v) is 8.88. The molecule has 1 fully saturated rings. The average Bonchev–Trinajstić information content (AvgIpc) is 3.31. The van der Waals surface area contributed by atoms with E-state index >= 15 is 0 Å². The maximum Gasteiger partial charge on any atom is 0.254 e. The summed E-state index contributed by atoms with van der Waals surface area (Å²) in [7, 11) is -0.466. The molecule has 0 saturated heterocycles. The van der Waals surface area contributed by atoms with Crippen LogP contribution in [0.3, 0.4) is 0 Å². The van der Waals surface area contributed by atoms with Crippen LogP contribution in [0.4, 0.5) is 0 Å². The van der Waals surface area contributed by atoms with Gasteiger partial charge in [0.25, 0.3) is 5.91 Å². The van der Waals surface area contributed by atoms with Crippen LogP contribution >= 0.6 is 0 Å². The fraction of sp³-hybridized carbons (Fsp3) is 0.588. The van der Waals surface area contributed by atoms with Gasteiger partial charge < -0.3 is 4.90 Å². The Morgan fingerprint density at radius 1 is 1.17 bits per heavy atom. The molecule has 0 aromatic heterocycles. The minimum absolute atomic E-state index is 0.00181. The van der Waals surface area contributed by atoms with Crippen LogP contribution in [-0.4, -0.2) is 50.2 Å². The summed E-state index contributed by atoms with van der Waals surface area (Å²) >= 11 is 0. The zero-order valence-electron chi connectivity index (χ0n) is 14.3. The molecule has 1 aromatic carbocycles. The largest absolute Gasteiger partial charge is 0.336 e. The molecule has 1 saturated carbocycles. The van der Waals surface area contributed by atoms with Gasteiger partial charge in [-0.2, -0.15) is 0 Å². The van der Waals surface area contributed by atoms with E-state index in [9.17, 15) is 13.2 Å². The van der Waals surface area contributed by atoms with E-state index in [1.165, 1.54) is 30.5 Å². The van der Waals surface area contributed by atoms with Crippen molar-refractivity contribution in [2.24, 2.45) is 5.92 Å². The van der Waals surface area contributed by atoms with Crippen LogP contribution in [0.5, 0.6) is 0 Å². The third-order valence-corrected chi connectivity index (χ3v) is 5.91. The number of carbonyl (C=O) groups excluding carboxylic acids is 1. The van der Waals surface area contributed by atoms with Crippen molar-refractivity contribution in [3.05, 3.63) is 29.8 Å². The maximum absolute atomic E-state index is 12.7. The van der Waals surface area contributed by atoms with Crippen molar-refractivity contribution in [1.82, 2.24) is 9.21 Å². The van der Waals surface area contributed by atoms with E-state index in [-0.39, 0.29) is 10.8 Å². The van der Waals surface area contributed by atoms with Gasteiger partial charge in [-0.25, -0.2) is 12.7 Å². The van der Waals surface area contributed by atoms with Crippen molar-refractivity contribution < 1.29 is 13.2 Å². The van der Waals surface area contributed by atoms with Crippen molar-refractivity contribution in [1.29, 1.82) is 0 Å². The highest BCUT2D eigenvalue weighted by atomic mass is 32.2. The van der Waals surface area contributed by atoms with Crippen LogP contribution < -0.4 is 0 Å². The van der Waals surface area contributed by atoms with Crippen molar-refractivity contribution in [3.8, 4) is 0 Å². The highest BCUT2D eigenvalue weighted by Gasteiger charge is 2.32. The number of sulfonamides is 1. The van der Waals surface area contributed by atoms with E-state index in [1.54, 1.807) is 12.1 Å². The lowest BCUT2D eigenvalue weighted by atomic mass is 10.1. The van der Waals surface area contributed by atoms with Gasteiger partial charge in [0.2, 0.25) is 10.0 Å². The number of amides is 1. The standard InChI is InChI=1S/C17H26N2O3S/c1-13(2)11-12-19(15-7-8-15)17(20)14-5-9-16(10-6-14)23(21,22)18(3)4/h5-6,9-10,13,15H,7-8,11-12H2,1-4H3. The molecule has 1 aromatic rings. The van der Waals surface area contributed by atoms with Gasteiger partial charge in [0, 0.05) is 32.2 Å². The Morgan fingerprint density at radius 3 is 2.17 bits per heavy atom. The molecule has 0 bridgehead atoms. The summed E-state index contributed by atoms with van der Waals surface area (Å²) in [5.41, 5.74) is 0.554. The SMILES string of the molecule is CC(C)CCN(C(=O)c1ccc(S(=O)(=O)N(C)C)cc1)C1CC1. The second kappa shape index (κ2) is 7.01. The molecule has 0 heterocycles. The molecule has 0 radical (unpaired) electrons. The van der Waals surface area contributed by atoms with Crippen LogP contribution in [0.2, 0.25) is 0 Å². The molecule has 1 amide bonds. The van der Waals surface area contributed by atoms with Crippen LogP contribution in [-0.2, 0) is 10.0 Å². The van der Waals surface area contributed by atoms with E-state index in [2.05, 4.69) is 13.8 Å². The summed E-state index contributed by atoms with van der Waals surface area (Å²) in [6.07, 6.45) is 3.11. The molecule has 5 nitrogen and oxygen atoms in total. The molecule has 2 rings (SSSR count). The van der Waals surface area contributed by atoms with Gasteiger partial charge in [-0.1, -0.05) is 13.8 Å². The summed E-state index contributed by atoms with van der Waals surface area (Å²) in [5, 5.41) is 0. The second-order valence-electron chi connectivity index (χ2n) is 6.72. The first-order valence-corrected chi connectivity index (χ1v) is 9.51. The Balaban J connectivity index is 2.15. The first-order valence-electron chi connectivity index (χ1n) is 8.07. The summed E-state index contributed by atoms with van der Waals surface area (Å²) in [5.74, 6) is 0.554. The van der Waals surface area contributed by atoms with Gasteiger partial charge in [-0.3, -0.25) is 4.79 Å². The van der Waals surface area contributed by atoms with Crippen LogP contribution in [0, 0.1) is 5.92 Å². The quantitative estimate of drug-likeness (QED) is 0.768. The van der Waals surface area contributed by atoms with Gasteiger partial charge >= 0.3 is 0 Å². The van der Waals surface area contributed by atoms with Crippen LogP contribution in [0.15, 0.2) is 29.2 Å². The lowest BCUT2D eigenvalue weighted by Crippen LogP contribution is -2.34. The lowest BCUT2D eigenvalue weighted by Gasteiger charge is -2.23. The summed E-state index contributed by atoms with van der Waals surface area (Å²) in [4.78, 5) is 14.8. The number of carbonyl (C=O) groups is 1. The fourth-order valence-electron chi connectivity index (χ4n) is 2.38. The molecule has 0 atom stereocenters. The monoisotopic (exact) mass is 338 g/mol.